The van der Waals surface area contributed by atoms with Gasteiger partial charge in [-0.3, -0.25) is 24.6 Å². The van der Waals surface area contributed by atoms with E-state index in [0.29, 0.717) is 36.9 Å². The second-order valence-corrected chi connectivity index (χ2v) is 10.8. The van der Waals surface area contributed by atoms with Gasteiger partial charge in [-0.2, -0.15) is 0 Å². The van der Waals surface area contributed by atoms with Crippen LogP contribution in [0.3, 0.4) is 0 Å². The third-order valence-corrected chi connectivity index (χ3v) is 8.03. The minimum Gasteiger partial charge on any atom is -0.465 e. The highest BCUT2D eigenvalue weighted by Gasteiger charge is 2.37. The molecule has 3 amide bonds. The van der Waals surface area contributed by atoms with Crippen LogP contribution in [-0.2, 0) is 29.0 Å². The van der Waals surface area contributed by atoms with Crippen LogP contribution in [0.25, 0.3) is 0 Å². The van der Waals surface area contributed by atoms with Crippen LogP contribution in [0.15, 0.2) is 72.8 Å². The first-order valence-electron chi connectivity index (χ1n) is 13.6. The highest BCUT2D eigenvalue weighted by molar-refractivity contribution is 6.30. The number of nitro benzene ring substituents is 1. The third-order valence-electron chi connectivity index (χ3n) is 7.78. The van der Waals surface area contributed by atoms with Crippen molar-refractivity contribution in [1.82, 2.24) is 15.1 Å². The lowest BCUT2D eigenvalue weighted by molar-refractivity contribution is -0.384. The summed E-state index contributed by atoms with van der Waals surface area (Å²) in [5.74, 6) is -0.851. The van der Waals surface area contributed by atoms with E-state index in [2.05, 4.69) is 5.32 Å². The van der Waals surface area contributed by atoms with Gasteiger partial charge in [-0.25, -0.2) is 4.79 Å². The van der Waals surface area contributed by atoms with Crippen LogP contribution in [0, 0.1) is 10.1 Å². The van der Waals surface area contributed by atoms with Crippen molar-refractivity contribution >= 4 is 40.9 Å². The molecule has 3 aromatic rings. The van der Waals surface area contributed by atoms with Gasteiger partial charge in [-0.15, -0.1) is 0 Å². The Morgan fingerprint density at radius 1 is 0.952 bits per heavy atom. The van der Waals surface area contributed by atoms with Crippen molar-refractivity contribution < 1.29 is 24.4 Å². The quantitative estimate of drug-likeness (QED) is 0.315. The number of carbonyl (C=O) groups excluding carboxylic acids is 2. The summed E-state index contributed by atoms with van der Waals surface area (Å²) in [6.45, 7) is 1.44. The van der Waals surface area contributed by atoms with Gasteiger partial charge in [0.15, 0.2) is 0 Å². The van der Waals surface area contributed by atoms with Gasteiger partial charge in [0.05, 0.1) is 11.5 Å². The van der Waals surface area contributed by atoms with Crippen LogP contribution in [-0.4, -0.2) is 76.0 Å². The molecule has 0 unspecified atom stereocenters. The fraction of sp³-hybridized carbons (Fsp3) is 0.300. The monoisotopic (exact) mass is 591 g/mol. The molecular weight excluding hydrogens is 562 g/mol. The molecule has 12 heteroatoms. The molecule has 2 atom stereocenters. The van der Waals surface area contributed by atoms with Crippen molar-refractivity contribution in [1.29, 1.82) is 0 Å². The summed E-state index contributed by atoms with van der Waals surface area (Å²) in [7, 11) is 0. The van der Waals surface area contributed by atoms with Gasteiger partial charge < -0.3 is 20.2 Å². The van der Waals surface area contributed by atoms with Gasteiger partial charge >= 0.3 is 6.09 Å². The number of benzene rings is 3. The fourth-order valence-electron chi connectivity index (χ4n) is 5.56. The summed E-state index contributed by atoms with van der Waals surface area (Å²) in [5, 5.41) is 24.8. The van der Waals surface area contributed by atoms with Crippen molar-refractivity contribution in [3.8, 4) is 0 Å². The van der Waals surface area contributed by atoms with Gasteiger partial charge in [0.25, 0.3) is 5.69 Å². The molecule has 218 valence electrons. The van der Waals surface area contributed by atoms with E-state index in [0.717, 1.165) is 21.6 Å². The Hall–Kier alpha value is -4.64. The Morgan fingerprint density at radius 2 is 1.60 bits per heavy atom. The second-order valence-electron chi connectivity index (χ2n) is 10.3. The van der Waals surface area contributed by atoms with Crippen LogP contribution < -0.4 is 10.2 Å². The Bertz CT molecular complexity index is 1490. The first-order chi connectivity index (χ1) is 20.2. The number of fused-ring (bicyclic) bond motifs is 1. The largest absolute Gasteiger partial charge is 0.465 e. The molecule has 5 rings (SSSR count). The predicted octanol–water partition coefficient (Wildman–Crippen LogP) is 3.73. The maximum absolute atomic E-state index is 13.8. The minimum atomic E-state index is -1.21. The first kappa shape index (κ1) is 28.9. The number of amides is 3. The van der Waals surface area contributed by atoms with E-state index in [9.17, 15) is 29.6 Å². The van der Waals surface area contributed by atoms with E-state index in [-0.39, 0.29) is 31.0 Å². The molecule has 1 fully saturated rings. The first-order valence-corrected chi connectivity index (χ1v) is 14.0. The normalized spacial score (nSPS) is 17.3. The van der Waals surface area contributed by atoms with Gasteiger partial charge in [0.1, 0.15) is 17.8 Å². The molecule has 0 radical (unpaired) electrons. The average molecular weight is 592 g/mol. The maximum Gasteiger partial charge on any atom is 0.408 e. The maximum atomic E-state index is 13.8. The van der Waals surface area contributed by atoms with E-state index in [4.69, 9.17) is 11.6 Å². The van der Waals surface area contributed by atoms with Crippen LogP contribution in [0.1, 0.15) is 16.7 Å². The number of halogens is 1. The summed E-state index contributed by atoms with van der Waals surface area (Å²) in [6, 6.07) is 18.9. The third kappa shape index (κ3) is 6.31. The molecule has 0 spiro atoms. The summed E-state index contributed by atoms with van der Waals surface area (Å²) >= 11 is 6.05. The molecule has 2 aliphatic rings. The number of nitrogens with one attached hydrogen (secondary N) is 1. The van der Waals surface area contributed by atoms with Crippen molar-refractivity contribution in [2.24, 2.45) is 0 Å². The van der Waals surface area contributed by atoms with Gasteiger partial charge in [0, 0.05) is 50.1 Å². The van der Waals surface area contributed by atoms with E-state index in [1.165, 1.54) is 6.07 Å². The molecule has 0 bridgehead atoms. The van der Waals surface area contributed by atoms with Gasteiger partial charge in [0.2, 0.25) is 11.8 Å². The number of anilines is 1. The van der Waals surface area contributed by atoms with Crippen LogP contribution in [0.5, 0.6) is 0 Å². The number of para-hydroxylation sites is 2. The number of nitrogens with zero attached hydrogens (tertiary/aromatic N) is 4. The smallest absolute Gasteiger partial charge is 0.408 e. The van der Waals surface area contributed by atoms with Crippen molar-refractivity contribution in [3.63, 3.8) is 0 Å². The molecule has 0 saturated carbocycles. The Labute approximate surface area is 247 Å². The van der Waals surface area contributed by atoms with Crippen molar-refractivity contribution in [3.05, 3.63) is 105 Å². The van der Waals surface area contributed by atoms with Crippen molar-refractivity contribution in [2.45, 2.75) is 31.5 Å². The Balaban J connectivity index is 1.34. The van der Waals surface area contributed by atoms with E-state index < -0.39 is 29.0 Å². The summed E-state index contributed by atoms with van der Waals surface area (Å²) in [6.07, 6.45) is -0.830. The average Bonchev–Trinajstić information content (AvgIpc) is 3.00. The zero-order valence-corrected chi connectivity index (χ0v) is 23.4. The van der Waals surface area contributed by atoms with Gasteiger partial charge in [-0.05, 0) is 34.9 Å². The number of hydrogen-bond donors (Lipinski definition) is 2. The molecular formula is C30H30ClN5O6. The molecule has 0 aliphatic carbocycles. The lowest BCUT2D eigenvalue weighted by Gasteiger charge is -2.38. The zero-order valence-electron chi connectivity index (χ0n) is 22.7. The number of rotatable bonds is 7. The fourth-order valence-corrected chi connectivity index (χ4v) is 5.68. The number of carbonyl (C=O) groups is 3. The highest BCUT2D eigenvalue weighted by Crippen LogP contribution is 2.29. The van der Waals surface area contributed by atoms with E-state index >= 15 is 0 Å². The predicted molar refractivity (Wildman–Crippen MR) is 156 cm³/mol. The molecule has 2 aliphatic heterocycles. The number of piperazine rings is 1. The summed E-state index contributed by atoms with van der Waals surface area (Å²) < 4.78 is 0. The molecule has 3 aromatic carbocycles. The summed E-state index contributed by atoms with van der Waals surface area (Å²) in [5.41, 5.74) is 3.01. The molecule has 0 aromatic heterocycles. The topological polar surface area (TPSA) is 136 Å². The lowest BCUT2D eigenvalue weighted by Crippen LogP contribution is -2.59. The molecule has 2 N–H and O–H groups in total. The van der Waals surface area contributed by atoms with Crippen LogP contribution in [0.4, 0.5) is 16.2 Å². The van der Waals surface area contributed by atoms with Crippen LogP contribution >= 0.6 is 11.6 Å². The molecule has 42 heavy (non-hydrogen) atoms. The number of nitro groups is 1. The van der Waals surface area contributed by atoms with Crippen LogP contribution in [0.2, 0.25) is 5.02 Å². The standard InChI is InChI=1S/C30H30ClN5O6/c31-23-11-9-20(10-12-23)17-24(32-28(37)27-18-21-5-1-2-6-22(21)19-35(27)30(39)40)29(38)34-15-13-33(14-16-34)25-7-3-4-8-26(25)36(41)42/h1-12,24,27H,13-19H2,(H,32,37)(H,39,40)/t24-,27-/m1/s1. The van der Waals surface area contributed by atoms with E-state index in [1.54, 1.807) is 47.4 Å². The van der Waals surface area contributed by atoms with Gasteiger partial charge in [-0.1, -0.05) is 60.1 Å². The van der Waals surface area contributed by atoms with E-state index in [1.807, 2.05) is 29.2 Å². The zero-order chi connectivity index (χ0) is 29.8. The molecule has 2 heterocycles. The lowest BCUT2D eigenvalue weighted by atomic mass is 9.93. The Kier molecular flexibility index (Phi) is 8.58. The number of carboxylic acid groups (broad SMARTS) is 1. The highest BCUT2D eigenvalue weighted by atomic mass is 35.5. The van der Waals surface area contributed by atoms with Crippen molar-refractivity contribution in [2.75, 3.05) is 31.1 Å². The molecule has 1 saturated heterocycles. The minimum absolute atomic E-state index is 0.00203. The molecule has 11 nitrogen and oxygen atoms in total. The second kappa shape index (κ2) is 12.5. The Morgan fingerprint density at radius 3 is 2.26 bits per heavy atom. The SMILES string of the molecule is O=C(N[C@H](Cc1ccc(Cl)cc1)C(=O)N1CCN(c2ccccc2[N+](=O)[O-])CC1)[C@H]1Cc2ccccc2CN1C(=O)O. The summed E-state index contributed by atoms with van der Waals surface area (Å²) in [4.78, 5) is 55.3. The number of hydrogen-bond acceptors (Lipinski definition) is 6.